The molecule has 0 unspecified atom stereocenters. The first-order chi connectivity index (χ1) is 9.07. The van der Waals surface area contributed by atoms with Crippen LogP contribution in [0.2, 0.25) is 0 Å². The van der Waals surface area contributed by atoms with Crippen molar-refractivity contribution in [1.82, 2.24) is 4.98 Å². The van der Waals surface area contributed by atoms with Gasteiger partial charge in [-0.25, -0.2) is 4.98 Å². The summed E-state index contributed by atoms with van der Waals surface area (Å²) in [5, 5.41) is 6.73. The standard InChI is InChI=1S/C15H18N2OS/c1-4-14-17-12(8-19-14)10-5-6-13-11(7-10)16-9-15(2,3)18-13/h5-8,16H,4,9H2,1-3H3. The van der Waals surface area contributed by atoms with Crippen molar-refractivity contribution < 1.29 is 4.74 Å². The fraction of sp³-hybridized carbons (Fsp3) is 0.400. The third kappa shape index (κ3) is 2.45. The van der Waals surface area contributed by atoms with E-state index < -0.39 is 0 Å². The van der Waals surface area contributed by atoms with Gasteiger partial charge in [-0.05, 0) is 38.5 Å². The quantitative estimate of drug-likeness (QED) is 0.900. The molecule has 0 atom stereocenters. The van der Waals surface area contributed by atoms with E-state index in [1.54, 1.807) is 11.3 Å². The molecule has 100 valence electrons. The van der Waals surface area contributed by atoms with Crippen molar-refractivity contribution >= 4 is 17.0 Å². The summed E-state index contributed by atoms with van der Waals surface area (Å²) >= 11 is 1.72. The first-order valence-electron chi connectivity index (χ1n) is 6.59. The highest BCUT2D eigenvalue weighted by Gasteiger charge is 2.26. The Morgan fingerprint density at radius 1 is 1.42 bits per heavy atom. The van der Waals surface area contributed by atoms with E-state index in [1.807, 2.05) is 6.07 Å². The van der Waals surface area contributed by atoms with Crippen molar-refractivity contribution in [3.63, 3.8) is 0 Å². The average molecular weight is 274 g/mol. The van der Waals surface area contributed by atoms with Gasteiger partial charge < -0.3 is 10.1 Å². The lowest BCUT2D eigenvalue weighted by atomic mass is 10.1. The number of nitrogens with one attached hydrogen (secondary N) is 1. The lowest BCUT2D eigenvalue weighted by molar-refractivity contribution is 0.116. The minimum absolute atomic E-state index is 0.148. The highest BCUT2D eigenvalue weighted by Crippen LogP contribution is 2.36. The van der Waals surface area contributed by atoms with Crippen LogP contribution in [0.3, 0.4) is 0 Å². The van der Waals surface area contributed by atoms with E-state index in [-0.39, 0.29) is 5.60 Å². The van der Waals surface area contributed by atoms with Gasteiger partial charge in [0.1, 0.15) is 11.4 Å². The summed E-state index contributed by atoms with van der Waals surface area (Å²) in [6, 6.07) is 6.24. The van der Waals surface area contributed by atoms with Crippen LogP contribution in [0.5, 0.6) is 5.75 Å². The van der Waals surface area contributed by atoms with E-state index >= 15 is 0 Å². The molecule has 0 amide bonds. The van der Waals surface area contributed by atoms with E-state index in [9.17, 15) is 0 Å². The van der Waals surface area contributed by atoms with Crippen LogP contribution in [0.15, 0.2) is 23.6 Å². The maximum absolute atomic E-state index is 5.96. The second-order valence-corrected chi connectivity index (χ2v) is 6.35. The number of nitrogens with zero attached hydrogens (tertiary/aromatic N) is 1. The molecule has 19 heavy (non-hydrogen) atoms. The van der Waals surface area contributed by atoms with Gasteiger partial charge in [0, 0.05) is 10.9 Å². The van der Waals surface area contributed by atoms with Crippen LogP contribution < -0.4 is 10.1 Å². The van der Waals surface area contributed by atoms with Crippen LogP contribution >= 0.6 is 11.3 Å². The molecule has 0 bridgehead atoms. The Balaban J connectivity index is 1.94. The molecule has 1 aliphatic rings. The second-order valence-electron chi connectivity index (χ2n) is 5.41. The van der Waals surface area contributed by atoms with Gasteiger partial charge >= 0.3 is 0 Å². The molecule has 2 aromatic rings. The van der Waals surface area contributed by atoms with Crippen LogP contribution in [0.4, 0.5) is 5.69 Å². The molecular weight excluding hydrogens is 256 g/mol. The molecule has 0 saturated carbocycles. The zero-order valence-electron chi connectivity index (χ0n) is 11.5. The summed E-state index contributed by atoms with van der Waals surface area (Å²) in [5.41, 5.74) is 3.11. The summed E-state index contributed by atoms with van der Waals surface area (Å²) in [7, 11) is 0. The number of rotatable bonds is 2. The summed E-state index contributed by atoms with van der Waals surface area (Å²) in [4.78, 5) is 4.63. The monoisotopic (exact) mass is 274 g/mol. The predicted octanol–water partition coefficient (Wildman–Crippen LogP) is 3.96. The first kappa shape index (κ1) is 12.5. The zero-order valence-corrected chi connectivity index (χ0v) is 12.3. The van der Waals surface area contributed by atoms with E-state index in [2.05, 4.69) is 48.6 Å². The molecule has 2 heterocycles. The van der Waals surface area contributed by atoms with Gasteiger partial charge in [-0.2, -0.15) is 0 Å². The molecule has 1 N–H and O–H groups in total. The van der Waals surface area contributed by atoms with Crippen molar-refractivity contribution in [2.45, 2.75) is 32.8 Å². The van der Waals surface area contributed by atoms with Crippen molar-refractivity contribution in [2.75, 3.05) is 11.9 Å². The molecule has 4 heteroatoms. The van der Waals surface area contributed by atoms with Gasteiger partial charge in [-0.3, -0.25) is 0 Å². The fourth-order valence-electron chi connectivity index (χ4n) is 2.16. The first-order valence-corrected chi connectivity index (χ1v) is 7.47. The molecule has 1 aromatic carbocycles. The minimum Gasteiger partial charge on any atom is -0.484 e. The summed E-state index contributed by atoms with van der Waals surface area (Å²) in [6.07, 6.45) is 0.991. The van der Waals surface area contributed by atoms with E-state index in [4.69, 9.17) is 4.74 Å². The molecule has 0 fully saturated rings. The van der Waals surface area contributed by atoms with E-state index in [1.165, 1.54) is 5.01 Å². The minimum atomic E-state index is -0.148. The van der Waals surface area contributed by atoms with Gasteiger partial charge in [0.05, 0.1) is 22.9 Å². The molecule has 1 aromatic heterocycles. The highest BCUT2D eigenvalue weighted by molar-refractivity contribution is 7.09. The number of benzene rings is 1. The van der Waals surface area contributed by atoms with Crippen LogP contribution in [0, 0.1) is 0 Å². The topological polar surface area (TPSA) is 34.2 Å². The lowest BCUT2D eigenvalue weighted by Gasteiger charge is -2.33. The summed E-state index contributed by atoms with van der Waals surface area (Å²) in [5.74, 6) is 0.922. The largest absolute Gasteiger partial charge is 0.484 e. The van der Waals surface area contributed by atoms with Crippen LogP contribution in [0.1, 0.15) is 25.8 Å². The van der Waals surface area contributed by atoms with Crippen molar-refractivity contribution in [3.8, 4) is 17.0 Å². The number of aryl methyl sites for hydroxylation is 1. The summed E-state index contributed by atoms with van der Waals surface area (Å²) in [6.45, 7) is 7.13. The molecule has 0 aliphatic carbocycles. The molecule has 3 nitrogen and oxygen atoms in total. The third-order valence-electron chi connectivity index (χ3n) is 3.22. The third-order valence-corrected chi connectivity index (χ3v) is 4.21. The Morgan fingerprint density at radius 3 is 3.00 bits per heavy atom. The maximum atomic E-state index is 5.96. The van der Waals surface area contributed by atoms with Crippen molar-refractivity contribution in [1.29, 1.82) is 0 Å². The van der Waals surface area contributed by atoms with E-state index in [0.29, 0.717) is 0 Å². The van der Waals surface area contributed by atoms with Crippen LogP contribution in [0.25, 0.3) is 11.3 Å². The van der Waals surface area contributed by atoms with Crippen molar-refractivity contribution in [3.05, 3.63) is 28.6 Å². The fourth-order valence-corrected chi connectivity index (χ4v) is 2.92. The van der Waals surface area contributed by atoms with E-state index in [0.717, 1.165) is 35.7 Å². The smallest absolute Gasteiger partial charge is 0.143 e. The number of thiazole rings is 1. The maximum Gasteiger partial charge on any atom is 0.143 e. The lowest BCUT2D eigenvalue weighted by Crippen LogP contribution is -2.39. The Hall–Kier alpha value is -1.55. The normalized spacial score (nSPS) is 16.4. The zero-order chi connectivity index (χ0) is 13.5. The molecule has 0 saturated heterocycles. The average Bonchev–Trinajstić information content (AvgIpc) is 2.86. The number of aromatic nitrogens is 1. The molecule has 0 radical (unpaired) electrons. The molecule has 1 aliphatic heterocycles. The number of hydrogen-bond acceptors (Lipinski definition) is 4. The Kier molecular flexibility index (Phi) is 2.97. The number of anilines is 1. The van der Waals surface area contributed by atoms with Crippen molar-refractivity contribution in [2.24, 2.45) is 0 Å². The van der Waals surface area contributed by atoms with Gasteiger partial charge in [0.25, 0.3) is 0 Å². The van der Waals surface area contributed by atoms with Crippen LogP contribution in [-0.2, 0) is 6.42 Å². The SMILES string of the molecule is CCc1nc(-c2ccc3c(c2)NCC(C)(C)O3)cs1. The molecule has 3 rings (SSSR count). The number of hydrogen-bond donors (Lipinski definition) is 1. The van der Waals surface area contributed by atoms with Gasteiger partial charge in [0.2, 0.25) is 0 Å². The van der Waals surface area contributed by atoms with Gasteiger partial charge in [0.15, 0.2) is 0 Å². The second kappa shape index (κ2) is 4.53. The Morgan fingerprint density at radius 2 is 2.26 bits per heavy atom. The number of fused-ring (bicyclic) bond motifs is 1. The predicted molar refractivity (Wildman–Crippen MR) is 80.1 cm³/mol. The molecule has 0 spiro atoms. The Labute approximate surface area is 117 Å². The summed E-state index contributed by atoms with van der Waals surface area (Å²) < 4.78 is 5.96. The van der Waals surface area contributed by atoms with Gasteiger partial charge in [-0.15, -0.1) is 11.3 Å². The van der Waals surface area contributed by atoms with Gasteiger partial charge in [-0.1, -0.05) is 6.92 Å². The highest BCUT2D eigenvalue weighted by atomic mass is 32.1. The number of ether oxygens (including phenoxy) is 1. The van der Waals surface area contributed by atoms with Crippen LogP contribution in [-0.4, -0.2) is 17.1 Å². The molecular formula is C15H18N2OS. The Bertz CT molecular complexity index is 604.